The molecule has 0 aliphatic carbocycles. The number of ether oxygens (including phenoxy) is 1. The minimum absolute atomic E-state index is 0.121. The Labute approximate surface area is 191 Å². The zero-order valence-electron chi connectivity index (χ0n) is 17.7. The Kier molecular flexibility index (Phi) is 6.73. The van der Waals surface area contributed by atoms with Gasteiger partial charge in [-0.1, -0.05) is 41.9 Å². The van der Waals surface area contributed by atoms with E-state index in [4.69, 9.17) is 16.3 Å². The maximum absolute atomic E-state index is 12.8. The van der Waals surface area contributed by atoms with Gasteiger partial charge in [0.2, 0.25) is 0 Å². The Hall–Kier alpha value is -3.35. The average Bonchev–Trinajstić information content (AvgIpc) is 3.31. The van der Waals surface area contributed by atoms with Crippen molar-refractivity contribution in [3.8, 4) is 0 Å². The van der Waals surface area contributed by atoms with E-state index in [2.05, 4.69) is 16.0 Å². The van der Waals surface area contributed by atoms with Crippen LogP contribution in [0.1, 0.15) is 40.4 Å². The van der Waals surface area contributed by atoms with Gasteiger partial charge < -0.3 is 20.7 Å². The fraction of sp³-hybridized carbons (Fsp3) is 0.200. The Morgan fingerprint density at radius 3 is 2.47 bits per heavy atom. The van der Waals surface area contributed by atoms with Crippen LogP contribution in [-0.4, -0.2) is 18.5 Å². The van der Waals surface area contributed by atoms with Gasteiger partial charge in [-0.25, -0.2) is 4.79 Å². The molecule has 3 aromatic rings. The molecule has 3 amide bonds. The van der Waals surface area contributed by atoms with Gasteiger partial charge in [-0.15, -0.1) is 0 Å². The SMILES string of the molecule is Cc1ccc(Cl)cc1NC(=O)Nc1cc(C(=O)Nc2ccccc2)ccc1C1CCCO1. The molecular weight excluding hydrogens is 426 g/mol. The molecule has 1 aliphatic rings. The van der Waals surface area contributed by atoms with Crippen LogP contribution < -0.4 is 16.0 Å². The second-order valence-corrected chi connectivity index (χ2v) is 8.10. The van der Waals surface area contributed by atoms with Gasteiger partial charge in [-0.05, 0) is 61.7 Å². The predicted octanol–water partition coefficient (Wildman–Crippen LogP) is 6.40. The summed E-state index contributed by atoms with van der Waals surface area (Å²) in [4.78, 5) is 25.6. The standard InChI is InChI=1S/C25H24ClN3O3/c1-16-9-11-18(26)15-21(16)28-25(31)29-22-14-17(10-12-20(22)23-8-5-13-32-23)24(30)27-19-6-3-2-4-7-19/h2-4,6-7,9-12,14-15,23H,5,8,13H2,1H3,(H,27,30)(H2,28,29,31). The summed E-state index contributed by atoms with van der Waals surface area (Å²) in [6, 6.07) is 19.4. The number of aryl methyl sites for hydroxylation is 1. The van der Waals surface area contributed by atoms with Crippen molar-refractivity contribution in [3.05, 3.63) is 88.4 Å². The number of urea groups is 1. The summed E-state index contributed by atoms with van der Waals surface area (Å²) < 4.78 is 5.82. The van der Waals surface area contributed by atoms with Crippen molar-refractivity contribution in [1.29, 1.82) is 0 Å². The molecule has 4 rings (SSSR count). The van der Waals surface area contributed by atoms with Crippen LogP contribution in [0.25, 0.3) is 0 Å². The molecule has 6 nitrogen and oxygen atoms in total. The molecule has 0 spiro atoms. The minimum atomic E-state index is -0.421. The molecule has 1 aliphatic heterocycles. The third-order valence-electron chi connectivity index (χ3n) is 5.32. The first-order valence-electron chi connectivity index (χ1n) is 10.5. The third-order valence-corrected chi connectivity index (χ3v) is 5.55. The fourth-order valence-corrected chi connectivity index (χ4v) is 3.81. The van der Waals surface area contributed by atoms with Crippen molar-refractivity contribution in [2.75, 3.05) is 22.6 Å². The highest BCUT2D eigenvalue weighted by atomic mass is 35.5. The number of rotatable bonds is 5. The molecule has 164 valence electrons. The lowest BCUT2D eigenvalue weighted by Crippen LogP contribution is -2.22. The summed E-state index contributed by atoms with van der Waals surface area (Å²) in [7, 11) is 0. The molecule has 3 N–H and O–H groups in total. The number of carbonyl (C=O) groups excluding carboxylic acids is 2. The smallest absolute Gasteiger partial charge is 0.323 e. The van der Waals surface area contributed by atoms with Gasteiger partial charge in [0.1, 0.15) is 0 Å². The molecule has 32 heavy (non-hydrogen) atoms. The van der Waals surface area contributed by atoms with Gasteiger partial charge in [0.15, 0.2) is 0 Å². The summed E-state index contributed by atoms with van der Waals surface area (Å²) in [6.45, 7) is 2.56. The largest absolute Gasteiger partial charge is 0.373 e. The molecule has 1 atom stereocenters. The lowest BCUT2D eigenvalue weighted by Gasteiger charge is -2.18. The van der Waals surface area contributed by atoms with E-state index in [-0.39, 0.29) is 12.0 Å². The number of benzene rings is 3. The molecule has 3 aromatic carbocycles. The number of nitrogens with one attached hydrogen (secondary N) is 3. The summed E-state index contributed by atoms with van der Waals surface area (Å²) >= 11 is 6.06. The van der Waals surface area contributed by atoms with Crippen LogP contribution in [-0.2, 0) is 4.74 Å². The number of amides is 3. The Morgan fingerprint density at radius 2 is 1.72 bits per heavy atom. The van der Waals surface area contributed by atoms with Gasteiger partial charge in [-0.3, -0.25) is 4.79 Å². The number of carbonyl (C=O) groups is 2. The van der Waals surface area contributed by atoms with Gasteiger partial charge in [0.05, 0.1) is 6.10 Å². The zero-order chi connectivity index (χ0) is 22.5. The summed E-state index contributed by atoms with van der Waals surface area (Å²) in [5.74, 6) is -0.260. The first-order valence-corrected chi connectivity index (χ1v) is 10.8. The molecule has 0 aromatic heterocycles. The van der Waals surface area contributed by atoms with E-state index in [9.17, 15) is 9.59 Å². The first-order chi connectivity index (χ1) is 15.5. The molecule has 0 saturated carbocycles. The Balaban J connectivity index is 1.57. The number of anilines is 3. The lowest BCUT2D eigenvalue weighted by atomic mass is 10.0. The van der Waals surface area contributed by atoms with E-state index in [1.165, 1.54) is 0 Å². The van der Waals surface area contributed by atoms with Gasteiger partial charge in [0, 0.05) is 39.8 Å². The second kappa shape index (κ2) is 9.85. The van der Waals surface area contributed by atoms with Crippen LogP contribution >= 0.6 is 11.6 Å². The molecule has 0 radical (unpaired) electrons. The van der Waals surface area contributed by atoms with Crippen LogP contribution in [0.15, 0.2) is 66.7 Å². The Morgan fingerprint density at radius 1 is 0.938 bits per heavy atom. The maximum Gasteiger partial charge on any atom is 0.323 e. The number of hydrogen-bond donors (Lipinski definition) is 3. The van der Waals surface area contributed by atoms with Crippen LogP contribution in [0, 0.1) is 6.92 Å². The molecular formula is C25H24ClN3O3. The third kappa shape index (κ3) is 5.28. The molecule has 1 heterocycles. The highest BCUT2D eigenvalue weighted by Crippen LogP contribution is 2.34. The molecule has 1 unspecified atom stereocenters. The lowest BCUT2D eigenvalue weighted by molar-refractivity contribution is 0.102. The van der Waals surface area contributed by atoms with E-state index in [0.717, 1.165) is 24.0 Å². The van der Waals surface area contributed by atoms with Crippen molar-refractivity contribution in [2.24, 2.45) is 0 Å². The summed E-state index contributed by atoms with van der Waals surface area (Å²) in [5, 5.41) is 9.12. The van der Waals surface area contributed by atoms with E-state index in [0.29, 0.717) is 34.3 Å². The monoisotopic (exact) mass is 449 g/mol. The van der Waals surface area contributed by atoms with Crippen molar-refractivity contribution in [1.82, 2.24) is 0 Å². The van der Waals surface area contributed by atoms with Crippen molar-refractivity contribution >= 4 is 40.6 Å². The fourth-order valence-electron chi connectivity index (χ4n) is 3.64. The van der Waals surface area contributed by atoms with Gasteiger partial charge in [-0.2, -0.15) is 0 Å². The minimum Gasteiger partial charge on any atom is -0.373 e. The summed E-state index contributed by atoms with van der Waals surface area (Å²) in [6.07, 6.45) is 1.69. The number of hydrogen-bond acceptors (Lipinski definition) is 3. The summed E-state index contributed by atoms with van der Waals surface area (Å²) in [5.41, 5.74) is 4.02. The van der Waals surface area contributed by atoms with E-state index < -0.39 is 6.03 Å². The number of para-hydroxylation sites is 1. The van der Waals surface area contributed by atoms with E-state index in [1.807, 2.05) is 49.4 Å². The van der Waals surface area contributed by atoms with Crippen molar-refractivity contribution in [3.63, 3.8) is 0 Å². The highest BCUT2D eigenvalue weighted by molar-refractivity contribution is 6.31. The normalized spacial score (nSPS) is 15.2. The van der Waals surface area contributed by atoms with Crippen LogP contribution in [0.2, 0.25) is 5.02 Å². The zero-order valence-corrected chi connectivity index (χ0v) is 18.4. The van der Waals surface area contributed by atoms with Crippen LogP contribution in [0.3, 0.4) is 0 Å². The second-order valence-electron chi connectivity index (χ2n) is 7.66. The Bertz CT molecular complexity index is 1130. The highest BCUT2D eigenvalue weighted by Gasteiger charge is 2.23. The average molecular weight is 450 g/mol. The topological polar surface area (TPSA) is 79.5 Å². The van der Waals surface area contributed by atoms with Crippen LogP contribution in [0.4, 0.5) is 21.9 Å². The molecule has 1 fully saturated rings. The molecule has 1 saturated heterocycles. The van der Waals surface area contributed by atoms with Gasteiger partial charge >= 0.3 is 6.03 Å². The van der Waals surface area contributed by atoms with Crippen LogP contribution in [0.5, 0.6) is 0 Å². The van der Waals surface area contributed by atoms with E-state index in [1.54, 1.807) is 24.3 Å². The molecule has 7 heteroatoms. The predicted molar refractivity (Wildman–Crippen MR) is 128 cm³/mol. The van der Waals surface area contributed by atoms with Gasteiger partial charge in [0.25, 0.3) is 5.91 Å². The molecule has 0 bridgehead atoms. The van der Waals surface area contributed by atoms with E-state index >= 15 is 0 Å². The first kappa shape index (κ1) is 21.9. The maximum atomic E-state index is 12.8. The number of halogens is 1. The van der Waals surface area contributed by atoms with Crippen molar-refractivity contribution < 1.29 is 14.3 Å². The van der Waals surface area contributed by atoms with Crippen molar-refractivity contribution in [2.45, 2.75) is 25.9 Å². The quantitative estimate of drug-likeness (QED) is 0.421.